The van der Waals surface area contributed by atoms with Gasteiger partial charge in [-0.3, -0.25) is 14.5 Å². The summed E-state index contributed by atoms with van der Waals surface area (Å²) in [5.41, 5.74) is 0. The quantitative estimate of drug-likeness (QED) is 0.543. The Morgan fingerprint density at radius 2 is 2.00 bits per heavy atom. The van der Waals surface area contributed by atoms with E-state index in [1.165, 1.54) is 0 Å². The molecule has 0 fully saturated rings. The van der Waals surface area contributed by atoms with Crippen LogP contribution in [0.1, 0.15) is 13.3 Å². The van der Waals surface area contributed by atoms with Crippen LogP contribution in [-0.4, -0.2) is 45.3 Å². The number of carboxylic acid groups (broad SMARTS) is 1. The smallest absolute Gasteiger partial charge is 0.326 e. The molecule has 1 rings (SSSR count). The van der Waals surface area contributed by atoms with Crippen molar-refractivity contribution in [2.45, 2.75) is 19.4 Å². The SMILES string of the molecule is CCSCCC(C(=O)O)N1C(=O)C=CC1=O. The Morgan fingerprint density at radius 1 is 1.44 bits per heavy atom. The van der Waals surface area contributed by atoms with Gasteiger partial charge in [0.25, 0.3) is 11.8 Å². The molecule has 1 aliphatic heterocycles. The van der Waals surface area contributed by atoms with Crippen LogP contribution >= 0.6 is 11.8 Å². The first-order chi connectivity index (χ1) is 7.57. The third-order valence-electron chi connectivity index (χ3n) is 2.18. The van der Waals surface area contributed by atoms with Gasteiger partial charge in [0.15, 0.2) is 0 Å². The first-order valence-electron chi connectivity index (χ1n) is 4.93. The maximum Gasteiger partial charge on any atom is 0.326 e. The van der Waals surface area contributed by atoms with E-state index in [2.05, 4.69) is 0 Å². The summed E-state index contributed by atoms with van der Waals surface area (Å²) >= 11 is 1.58. The Morgan fingerprint density at radius 3 is 2.44 bits per heavy atom. The average molecular weight is 243 g/mol. The first kappa shape index (κ1) is 12.8. The van der Waals surface area contributed by atoms with Gasteiger partial charge in [0, 0.05) is 12.2 Å². The fourth-order valence-electron chi connectivity index (χ4n) is 1.42. The van der Waals surface area contributed by atoms with E-state index in [9.17, 15) is 14.4 Å². The number of carbonyl (C=O) groups is 3. The molecule has 1 aliphatic rings. The Hall–Kier alpha value is -1.30. The van der Waals surface area contributed by atoms with Crippen molar-refractivity contribution in [2.75, 3.05) is 11.5 Å². The molecule has 0 aliphatic carbocycles. The van der Waals surface area contributed by atoms with Gasteiger partial charge < -0.3 is 5.11 Å². The second kappa shape index (κ2) is 5.69. The maximum atomic E-state index is 11.3. The number of amides is 2. The minimum atomic E-state index is -1.14. The second-order valence-corrected chi connectivity index (χ2v) is 4.61. The molecule has 16 heavy (non-hydrogen) atoms. The number of hydrogen-bond donors (Lipinski definition) is 1. The molecule has 0 aromatic carbocycles. The lowest BCUT2D eigenvalue weighted by Crippen LogP contribution is -2.45. The van der Waals surface area contributed by atoms with Crippen molar-refractivity contribution in [3.63, 3.8) is 0 Å². The van der Waals surface area contributed by atoms with Crippen LogP contribution in [-0.2, 0) is 14.4 Å². The van der Waals surface area contributed by atoms with E-state index in [4.69, 9.17) is 5.11 Å². The number of aliphatic carboxylic acids is 1. The summed E-state index contributed by atoms with van der Waals surface area (Å²) < 4.78 is 0. The summed E-state index contributed by atoms with van der Waals surface area (Å²) in [6.45, 7) is 1.97. The Kier molecular flexibility index (Phi) is 4.54. The highest BCUT2D eigenvalue weighted by atomic mass is 32.2. The van der Waals surface area contributed by atoms with E-state index in [0.717, 1.165) is 22.8 Å². The van der Waals surface area contributed by atoms with Gasteiger partial charge in [0.2, 0.25) is 0 Å². The molecule has 0 saturated heterocycles. The largest absolute Gasteiger partial charge is 0.480 e. The highest BCUT2D eigenvalue weighted by molar-refractivity contribution is 7.99. The van der Waals surface area contributed by atoms with Crippen LogP contribution in [0.4, 0.5) is 0 Å². The molecule has 0 spiro atoms. The molecule has 1 heterocycles. The third-order valence-corrected chi connectivity index (χ3v) is 3.11. The zero-order valence-corrected chi connectivity index (χ0v) is 9.70. The van der Waals surface area contributed by atoms with E-state index < -0.39 is 23.8 Å². The van der Waals surface area contributed by atoms with Crippen molar-refractivity contribution in [1.82, 2.24) is 4.90 Å². The summed E-state index contributed by atoms with van der Waals surface area (Å²) in [5.74, 6) is -0.725. The van der Waals surface area contributed by atoms with Crippen LogP contribution in [0.3, 0.4) is 0 Å². The third kappa shape index (κ3) is 2.85. The van der Waals surface area contributed by atoms with Crippen molar-refractivity contribution >= 4 is 29.5 Å². The minimum absolute atomic E-state index is 0.285. The highest BCUT2D eigenvalue weighted by Crippen LogP contribution is 2.15. The molecule has 1 unspecified atom stereocenters. The summed E-state index contributed by atoms with van der Waals surface area (Å²) in [6, 6.07) is -1.05. The molecule has 0 radical (unpaired) electrons. The molecule has 0 saturated carbocycles. The van der Waals surface area contributed by atoms with Gasteiger partial charge >= 0.3 is 5.97 Å². The van der Waals surface area contributed by atoms with E-state index in [1.54, 1.807) is 11.8 Å². The minimum Gasteiger partial charge on any atom is -0.480 e. The van der Waals surface area contributed by atoms with Gasteiger partial charge in [-0.1, -0.05) is 6.92 Å². The van der Waals surface area contributed by atoms with Gasteiger partial charge in [-0.2, -0.15) is 11.8 Å². The predicted octanol–water partition coefficient (Wildman–Crippen LogP) is 0.508. The Labute approximate surface area is 97.5 Å². The van der Waals surface area contributed by atoms with Gasteiger partial charge in [0.1, 0.15) is 6.04 Å². The molecule has 1 N–H and O–H groups in total. The van der Waals surface area contributed by atoms with Crippen LogP contribution in [0, 0.1) is 0 Å². The maximum absolute atomic E-state index is 11.3. The summed E-state index contributed by atoms with van der Waals surface area (Å²) in [7, 11) is 0. The predicted molar refractivity (Wildman–Crippen MR) is 60.0 cm³/mol. The fraction of sp³-hybridized carbons (Fsp3) is 0.500. The summed E-state index contributed by atoms with van der Waals surface area (Å²) in [4.78, 5) is 34.4. The lowest BCUT2D eigenvalue weighted by Gasteiger charge is -2.22. The van der Waals surface area contributed by atoms with E-state index in [1.807, 2.05) is 6.92 Å². The van der Waals surface area contributed by atoms with Crippen molar-refractivity contribution in [3.8, 4) is 0 Å². The van der Waals surface area contributed by atoms with E-state index in [-0.39, 0.29) is 6.42 Å². The number of carboxylic acids is 1. The lowest BCUT2D eigenvalue weighted by atomic mass is 10.2. The molecule has 0 bridgehead atoms. The number of rotatable bonds is 6. The van der Waals surface area contributed by atoms with Crippen molar-refractivity contribution in [2.24, 2.45) is 0 Å². The molecule has 88 valence electrons. The molecule has 2 amide bonds. The number of nitrogens with zero attached hydrogens (tertiary/aromatic N) is 1. The van der Waals surface area contributed by atoms with Crippen LogP contribution in [0.25, 0.3) is 0 Å². The molecule has 1 atom stereocenters. The van der Waals surface area contributed by atoms with Gasteiger partial charge in [-0.15, -0.1) is 0 Å². The van der Waals surface area contributed by atoms with Crippen molar-refractivity contribution < 1.29 is 19.5 Å². The average Bonchev–Trinajstić information content (AvgIpc) is 2.54. The molecule has 6 heteroatoms. The highest BCUT2D eigenvalue weighted by Gasteiger charge is 2.35. The number of thioether (sulfide) groups is 1. The Balaban J connectivity index is 2.67. The fourth-order valence-corrected chi connectivity index (χ4v) is 2.10. The number of imide groups is 1. The molecular formula is C10H13NO4S. The van der Waals surface area contributed by atoms with Crippen molar-refractivity contribution in [3.05, 3.63) is 12.2 Å². The standard InChI is InChI=1S/C10H13NO4S/c1-2-16-6-5-7(10(14)15)11-8(12)3-4-9(11)13/h3-4,7H,2,5-6H2,1H3,(H,14,15). The van der Waals surface area contributed by atoms with Gasteiger partial charge in [0.05, 0.1) is 0 Å². The molecule has 0 aromatic heterocycles. The zero-order chi connectivity index (χ0) is 12.1. The number of hydrogen-bond acceptors (Lipinski definition) is 4. The normalized spacial score (nSPS) is 16.9. The van der Waals surface area contributed by atoms with Crippen LogP contribution in [0.5, 0.6) is 0 Å². The molecular weight excluding hydrogens is 230 g/mol. The van der Waals surface area contributed by atoms with E-state index in [0.29, 0.717) is 5.75 Å². The summed E-state index contributed by atoms with van der Waals surface area (Å²) in [6.07, 6.45) is 2.49. The van der Waals surface area contributed by atoms with E-state index >= 15 is 0 Å². The summed E-state index contributed by atoms with van der Waals surface area (Å²) in [5, 5.41) is 8.99. The van der Waals surface area contributed by atoms with Crippen LogP contribution < -0.4 is 0 Å². The number of carbonyl (C=O) groups excluding carboxylic acids is 2. The topological polar surface area (TPSA) is 74.7 Å². The molecule has 0 aromatic rings. The second-order valence-electron chi connectivity index (χ2n) is 3.22. The van der Waals surface area contributed by atoms with Gasteiger partial charge in [-0.25, -0.2) is 4.79 Å². The van der Waals surface area contributed by atoms with Gasteiger partial charge in [-0.05, 0) is 17.9 Å². The van der Waals surface area contributed by atoms with Crippen LogP contribution in [0.15, 0.2) is 12.2 Å². The van der Waals surface area contributed by atoms with Crippen LogP contribution in [0.2, 0.25) is 0 Å². The first-order valence-corrected chi connectivity index (χ1v) is 6.09. The zero-order valence-electron chi connectivity index (χ0n) is 8.88. The van der Waals surface area contributed by atoms with Crippen molar-refractivity contribution in [1.29, 1.82) is 0 Å². The lowest BCUT2D eigenvalue weighted by molar-refractivity contribution is -0.153. The Bertz CT molecular complexity index is 322. The molecule has 5 nitrogen and oxygen atoms in total. The monoisotopic (exact) mass is 243 g/mol.